The molecule has 0 atom stereocenters. The van der Waals surface area contributed by atoms with Gasteiger partial charge in [-0.05, 0) is 41.4 Å². The monoisotopic (exact) mass is 222 g/mol. The van der Waals surface area contributed by atoms with E-state index >= 15 is 0 Å². The molecule has 0 unspecified atom stereocenters. The lowest BCUT2D eigenvalue weighted by Gasteiger charge is -1.93. The van der Waals surface area contributed by atoms with E-state index in [1.165, 1.54) is 4.88 Å². The van der Waals surface area contributed by atoms with E-state index in [0.717, 1.165) is 10.4 Å². The number of thiophene rings is 2. The third kappa shape index (κ3) is 2.11. The average Bonchev–Trinajstić information content (AvgIpc) is 2.75. The van der Waals surface area contributed by atoms with Crippen LogP contribution in [0.5, 0.6) is 0 Å². The van der Waals surface area contributed by atoms with Gasteiger partial charge in [0.1, 0.15) is 0 Å². The van der Waals surface area contributed by atoms with Crippen molar-refractivity contribution >= 4 is 28.5 Å². The summed E-state index contributed by atoms with van der Waals surface area (Å²) in [5.74, 6) is 0.224. The molecule has 0 spiro atoms. The molecule has 0 bridgehead atoms. The van der Waals surface area contributed by atoms with Crippen LogP contribution >= 0.6 is 22.7 Å². The van der Waals surface area contributed by atoms with Gasteiger partial charge in [-0.25, -0.2) is 0 Å². The van der Waals surface area contributed by atoms with Crippen molar-refractivity contribution in [3.8, 4) is 0 Å². The third-order valence-electron chi connectivity index (χ3n) is 1.96. The fourth-order valence-corrected chi connectivity index (χ4v) is 2.72. The highest BCUT2D eigenvalue weighted by Gasteiger charge is 2.08. The Kier molecular flexibility index (Phi) is 2.79. The number of hydrogen-bond donors (Lipinski definition) is 0. The quantitative estimate of drug-likeness (QED) is 0.726. The first-order valence-corrected chi connectivity index (χ1v) is 6.12. The first-order chi connectivity index (χ1) is 6.75. The van der Waals surface area contributed by atoms with Crippen molar-refractivity contribution in [1.29, 1.82) is 0 Å². The van der Waals surface area contributed by atoms with E-state index in [1.54, 1.807) is 22.7 Å². The first-order valence-electron chi connectivity index (χ1n) is 4.36. The summed E-state index contributed by atoms with van der Waals surface area (Å²) in [6.45, 7) is 2.02. The Balaban J connectivity index is 2.10. The molecule has 0 aliphatic carbocycles. The second-order valence-corrected chi connectivity index (χ2v) is 5.21. The molecule has 0 aliphatic rings. The van der Waals surface area contributed by atoms with Gasteiger partial charge in [0, 0.05) is 11.3 Å². The van der Waals surface area contributed by atoms with Gasteiger partial charge in [-0.3, -0.25) is 4.79 Å². The molecule has 0 saturated heterocycles. The van der Waals surface area contributed by atoms with Crippen LogP contribution in [0.4, 0.5) is 0 Å². The number of hydrogen-bond acceptors (Lipinski definition) is 3. The third-order valence-corrected chi connectivity index (χ3v) is 3.73. The van der Waals surface area contributed by atoms with Crippen LogP contribution in [0.15, 0.2) is 29.0 Å². The summed E-state index contributed by atoms with van der Waals surface area (Å²) in [4.78, 5) is 13.8. The Hall–Kier alpha value is -0.930. The molecule has 0 radical (unpaired) electrons. The number of Topliss-reactive ketones (excluding diaryl/α,β-unsaturated/α-hetero) is 1. The summed E-state index contributed by atoms with van der Waals surface area (Å²) >= 11 is 3.20. The van der Waals surface area contributed by atoms with Gasteiger partial charge >= 0.3 is 0 Å². The summed E-state index contributed by atoms with van der Waals surface area (Å²) in [7, 11) is 0. The summed E-state index contributed by atoms with van der Waals surface area (Å²) < 4.78 is 0. The molecule has 0 N–H and O–H groups in total. The lowest BCUT2D eigenvalue weighted by molar-refractivity contribution is 0.0997. The number of rotatable bonds is 3. The van der Waals surface area contributed by atoms with E-state index in [2.05, 4.69) is 0 Å². The van der Waals surface area contributed by atoms with E-state index in [9.17, 15) is 4.79 Å². The minimum absolute atomic E-state index is 0.224. The SMILES string of the molecule is Cc1ccc(C(=O)Cc2ccsc2)s1. The molecule has 2 aromatic rings. The molecular weight excluding hydrogens is 212 g/mol. The average molecular weight is 222 g/mol. The predicted molar refractivity (Wildman–Crippen MR) is 61.4 cm³/mol. The predicted octanol–water partition coefficient (Wildman–Crippen LogP) is 3.54. The number of ketones is 1. The molecule has 0 amide bonds. The van der Waals surface area contributed by atoms with Crippen LogP contribution in [0.1, 0.15) is 20.1 Å². The maximum Gasteiger partial charge on any atom is 0.177 e. The Morgan fingerprint density at radius 3 is 2.79 bits per heavy atom. The lowest BCUT2D eigenvalue weighted by Crippen LogP contribution is -1.99. The first kappa shape index (κ1) is 9.62. The van der Waals surface area contributed by atoms with Crippen molar-refractivity contribution < 1.29 is 4.79 Å². The fraction of sp³-hybridized carbons (Fsp3) is 0.182. The highest BCUT2D eigenvalue weighted by Crippen LogP contribution is 2.18. The molecule has 3 heteroatoms. The van der Waals surface area contributed by atoms with E-state index in [0.29, 0.717) is 6.42 Å². The van der Waals surface area contributed by atoms with Crippen molar-refractivity contribution in [2.75, 3.05) is 0 Å². The zero-order chi connectivity index (χ0) is 9.97. The summed E-state index contributed by atoms with van der Waals surface area (Å²) in [6.07, 6.45) is 0.531. The molecule has 0 fully saturated rings. The molecule has 0 aromatic carbocycles. The van der Waals surface area contributed by atoms with Crippen LogP contribution in [0.2, 0.25) is 0 Å². The second kappa shape index (κ2) is 4.07. The van der Waals surface area contributed by atoms with Crippen molar-refractivity contribution in [3.05, 3.63) is 44.3 Å². The number of aryl methyl sites for hydroxylation is 1. The number of carbonyl (C=O) groups is 1. The van der Waals surface area contributed by atoms with Crippen LogP contribution in [-0.2, 0) is 6.42 Å². The molecule has 72 valence electrons. The van der Waals surface area contributed by atoms with Crippen LogP contribution in [0.3, 0.4) is 0 Å². The van der Waals surface area contributed by atoms with Crippen LogP contribution < -0.4 is 0 Å². The van der Waals surface area contributed by atoms with Gasteiger partial charge in [0.15, 0.2) is 5.78 Å². The fourth-order valence-electron chi connectivity index (χ4n) is 1.25. The number of carbonyl (C=O) groups excluding carboxylic acids is 1. The Bertz CT molecular complexity index is 426. The minimum atomic E-state index is 0.224. The zero-order valence-electron chi connectivity index (χ0n) is 7.82. The van der Waals surface area contributed by atoms with Gasteiger partial charge in [-0.15, -0.1) is 11.3 Å². The van der Waals surface area contributed by atoms with Crippen LogP contribution in [-0.4, -0.2) is 5.78 Å². The van der Waals surface area contributed by atoms with E-state index < -0.39 is 0 Å². The minimum Gasteiger partial charge on any atom is -0.293 e. The Morgan fingerprint density at radius 2 is 2.21 bits per heavy atom. The van der Waals surface area contributed by atoms with Gasteiger partial charge in [0.25, 0.3) is 0 Å². The standard InChI is InChI=1S/C11H10OS2/c1-8-2-3-11(14-8)10(12)6-9-4-5-13-7-9/h2-5,7H,6H2,1H3. The smallest absolute Gasteiger partial charge is 0.177 e. The van der Waals surface area contributed by atoms with Crippen LogP contribution in [0.25, 0.3) is 0 Å². The summed E-state index contributed by atoms with van der Waals surface area (Å²) in [5.41, 5.74) is 1.12. The van der Waals surface area contributed by atoms with E-state index in [4.69, 9.17) is 0 Å². The van der Waals surface area contributed by atoms with Crippen molar-refractivity contribution in [3.63, 3.8) is 0 Å². The summed E-state index contributed by atoms with van der Waals surface area (Å²) in [6, 6.07) is 5.91. The highest BCUT2D eigenvalue weighted by atomic mass is 32.1. The summed E-state index contributed by atoms with van der Waals surface area (Å²) in [5, 5.41) is 4.03. The molecule has 1 nitrogen and oxygen atoms in total. The molecule has 14 heavy (non-hydrogen) atoms. The molecule has 0 saturated carbocycles. The van der Waals surface area contributed by atoms with Gasteiger partial charge in [0.2, 0.25) is 0 Å². The maximum absolute atomic E-state index is 11.7. The maximum atomic E-state index is 11.7. The highest BCUT2D eigenvalue weighted by molar-refractivity contribution is 7.14. The molecule has 0 aliphatic heterocycles. The van der Waals surface area contributed by atoms with Crippen molar-refractivity contribution in [2.24, 2.45) is 0 Å². The van der Waals surface area contributed by atoms with Gasteiger partial charge in [-0.1, -0.05) is 0 Å². The van der Waals surface area contributed by atoms with Crippen LogP contribution in [0, 0.1) is 6.92 Å². The lowest BCUT2D eigenvalue weighted by atomic mass is 10.1. The molecule has 2 rings (SSSR count). The normalized spacial score (nSPS) is 10.4. The second-order valence-electron chi connectivity index (χ2n) is 3.14. The zero-order valence-corrected chi connectivity index (χ0v) is 9.45. The van der Waals surface area contributed by atoms with Crippen molar-refractivity contribution in [2.45, 2.75) is 13.3 Å². The van der Waals surface area contributed by atoms with Gasteiger partial charge in [0.05, 0.1) is 4.88 Å². The Morgan fingerprint density at radius 1 is 1.36 bits per heavy atom. The molecular formula is C11H10OS2. The van der Waals surface area contributed by atoms with Gasteiger partial charge < -0.3 is 0 Å². The van der Waals surface area contributed by atoms with Gasteiger partial charge in [-0.2, -0.15) is 11.3 Å². The molecule has 2 aromatic heterocycles. The largest absolute Gasteiger partial charge is 0.293 e. The molecule has 2 heterocycles. The van der Waals surface area contributed by atoms with E-state index in [1.807, 2.05) is 35.9 Å². The Labute approximate surface area is 91.0 Å². The van der Waals surface area contributed by atoms with Crippen molar-refractivity contribution in [1.82, 2.24) is 0 Å². The topological polar surface area (TPSA) is 17.1 Å². The van der Waals surface area contributed by atoms with E-state index in [-0.39, 0.29) is 5.78 Å².